The molecule has 24 heavy (non-hydrogen) atoms. The van der Waals surface area contributed by atoms with Gasteiger partial charge in [-0.1, -0.05) is 24.3 Å². The van der Waals surface area contributed by atoms with Crippen molar-refractivity contribution in [3.05, 3.63) is 59.2 Å². The van der Waals surface area contributed by atoms with Gasteiger partial charge in [-0.2, -0.15) is 0 Å². The van der Waals surface area contributed by atoms with Crippen LogP contribution in [0.5, 0.6) is 0 Å². The number of carbonyl (C=O) groups excluding carboxylic acids is 2. The molecule has 0 saturated heterocycles. The van der Waals surface area contributed by atoms with Crippen molar-refractivity contribution in [3.63, 3.8) is 0 Å². The Bertz CT molecular complexity index is 741. The Balaban J connectivity index is 2.11. The zero-order valence-corrected chi connectivity index (χ0v) is 14.3. The second kappa shape index (κ2) is 8.15. The van der Waals surface area contributed by atoms with Gasteiger partial charge in [0.15, 0.2) is 0 Å². The van der Waals surface area contributed by atoms with Gasteiger partial charge in [0.2, 0.25) is 5.91 Å². The van der Waals surface area contributed by atoms with E-state index in [1.807, 2.05) is 37.3 Å². The van der Waals surface area contributed by atoms with Gasteiger partial charge in [0.1, 0.15) is 0 Å². The van der Waals surface area contributed by atoms with E-state index in [0.29, 0.717) is 18.7 Å². The van der Waals surface area contributed by atoms with Crippen molar-refractivity contribution < 1.29 is 9.59 Å². The minimum Gasteiger partial charge on any atom is -0.355 e. The summed E-state index contributed by atoms with van der Waals surface area (Å²) in [5.41, 5.74) is 4.65. The zero-order valence-electron chi connectivity index (χ0n) is 14.3. The Hall–Kier alpha value is -2.82. The second-order valence-corrected chi connectivity index (χ2v) is 5.66. The maximum Gasteiger partial charge on any atom is 0.253 e. The average molecular weight is 325 g/mol. The van der Waals surface area contributed by atoms with Crippen molar-refractivity contribution in [3.8, 4) is 0 Å². The Morgan fingerprint density at radius 3 is 2.29 bits per heavy atom. The number of benzene rings is 2. The van der Waals surface area contributed by atoms with Crippen LogP contribution >= 0.6 is 0 Å². The second-order valence-electron chi connectivity index (χ2n) is 5.66. The van der Waals surface area contributed by atoms with E-state index in [0.717, 1.165) is 16.9 Å². The van der Waals surface area contributed by atoms with Crippen molar-refractivity contribution in [2.24, 2.45) is 0 Å². The summed E-state index contributed by atoms with van der Waals surface area (Å²) in [6, 6.07) is 13.4. The highest BCUT2D eigenvalue weighted by Gasteiger charge is 2.11. The molecule has 0 aromatic heterocycles. The number of hydrogen-bond donors (Lipinski definition) is 3. The van der Waals surface area contributed by atoms with Crippen molar-refractivity contribution in [2.75, 3.05) is 18.4 Å². The van der Waals surface area contributed by atoms with Gasteiger partial charge in [-0.15, -0.1) is 0 Å². The molecule has 0 bridgehead atoms. The molecule has 5 nitrogen and oxygen atoms in total. The van der Waals surface area contributed by atoms with E-state index in [9.17, 15) is 9.59 Å². The average Bonchev–Trinajstić information content (AvgIpc) is 2.56. The first-order valence-corrected chi connectivity index (χ1v) is 7.94. The molecule has 2 rings (SSSR count). The van der Waals surface area contributed by atoms with E-state index in [1.165, 1.54) is 12.5 Å². The van der Waals surface area contributed by atoms with E-state index >= 15 is 0 Å². The number of aryl methyl sites for hydroxylation is 1. The highest BCUT2D eigenvalue weighted by molar-refractivity contribution is 6.00. The Morgan fingerprint density at radius 1 is 0.875 bits per heavy atom. The molecule has 2 aromatic rings. The van der Waals surface area contributed by atoms with Crippen LogP contribution in [0.4, 0.5) is 11.4 Å². The summed E-state index contributed by atoms with van der Waals surface area (Å²) >= 11 is 0. The largest absolute Gasteiger partial charge is 0.355 e. The third-order valence-corrected chi connectivity index (χ3v) is 3.83. The van der Waals surface area contributed by atoms with Gasteiger partial charge in [0.05, 0.1) is 11.3 Å². The monoisotopic (exact) mass is 325 g/mol. The van der Waals surface area contributed by atoms with E-state index in [1.54, 1.807) is 6.07 Å². The van der Waals surface area contributed by atoms with Gasteiger partial charge in [-0.3, -0.25) is 9.59 Å². The van der Waals surface area contributed by atoms with E-state index < -0.39 is 0 Å². The maximum atomic E-state index is 12.4. The minimum atomic E-state index is -0.172. The van der Waals surface area contributed by atoms with Crippen molar-refractivity contribution in [1.29, 1.82) is 0 Å². The lowest BCUT2D eigenvalue weighted by Crippen LogP contribution is -2.33. The molecule has 2 amide bonds. The van der Waals surface area contributed by atoms with Gasteiger partial charge >= 0.3 is 0 Å². The normalized spacial score (nSPS) is 10.1. The van der Waals surface area contributed by atoms with Crippen LogP contribution in [-0.2, 0) is 4.79 Å². The predicted octanol–water partition coefficient (Wildman–Crippen LogP) is 2.91. The number of para-hydroxylation sites is 1. The number of anilines is 2. The van der Waals surface area contributed by atoms with Crippen molar-refractivity contribution in [1.82, 2.24) is 10.6 Å². The quantitative estimate of drug-likeness (QED) is 0.715. The number of rotatable bonds is 6. The molecule has 0 unspecified atom stereocenters. The van der Waals surface area contributed by atoms with Crippen LogP contribution in [0.1, 0.15) is 28.4 Å². The predicted molar refractivity (Wildman–Crippen MR) is 96.7 cm³/mol. The first-order valence-electron chi connectivity index (χ1n) is 7.94. The zero-order chi connectivity index (χ0) is 17.5. The van der Waals surface area contributed by atoms with Gasteiger partial charge in [-0.25, -0.2) is 0 Å². The van der Waals surface area contributed by atoms with Crippen molar-refractivity contribution in [2.45, 2.75) is 20.8 Å². The summed E-state index contributed by atoms with van der Waals surface area (Å²) in [4.78, 5) is 23.2. The molecule has 126 valence electrons. The summed E-state index contributed by atoms with van der Waals surface area (Å²) in [7, 11) is 0. The fourth-order valence-corrected chi connectivity index (χ4v) is 2.33. The molecule has 2 aromatic carbocycles. The molecule has 0 aliphatic heterocycles. The highest BCUT2D eigenvalue weighted by atomic mass is 16.2. The molecule has 0 saturated carbocycles. The molecule has 3 N–H and O–H groups in total. The number of carbonyl (C=O) groups is 2. The lowest BCUT2D eigenvalue weighted by molar-refractivity contribution is -0.118. The summed E-state index contributed by atoms with van der Waals surface area (Å²) in [6.07, 6.45) is 0. The molecule has 0 radical (unpaired) electrons. The fourth-order valence-electron chi connectivity index (χ4n) is 2.33. The van der Waals surface area contributed by atoms with E-state index in [4.69, 9.17) is 0 Å². The summed E-state index contributed by atoms with van der Waals surface area (Å²) in [5, 5.41) is 8.80. The summed E-state index contributed by atoms with van der Waals surface area (Å²) < 4.78 is 0. The maximum absolute atomic E-state index is 12.4. The van der Waals surface area contributed by atoms with Crippen LogP contribution in [-0.4, -0.2) is 24.9 Å². The molecule has 0 aliphatic rings. The Labute approximate surface area is 142 Å². The number of hydrogen-bond acceptors (Lipinski definition) is 3. The number of nitrogens with one attached hydrogen (secondary N) is 3. The van der Waals surface area contributed by atoms with Gasteiger partial charge in [0, 0.05) is 25.7 Å². The van der Waals surface area contributed by atoms with Crippen LogP contribution in [0.3, 0.4) is 0 Å². The molecule has 0 spiro atoms. The van der Waals surface area contributed by atoms with E-state index in [2.05, 4.69) is 28.9 Å². The molecular formula is C19H23N3O2. The standard InChI is InChI=1S/C19H23N3O2/c1-13-7-6-10-17(14(13)2)22-18-9-5-4-8-16(18)19(24)21-12-11-20-15(3)23/h4-10,22H,11-12H2,1-3H3,(H,20,23)(H,21,24). The number of amides is 2. The van der Waals surface area contributed by atoms with Crippen molar-refractivity contribution >= 4 is 23.2 Å². The lowest BCUT2D eigenvalue weighted by atomic mass is 10.1. The SMILES string of the molecule is CC(=O)NCCNC(=O)c1ccccc1Nc1cccc(C)c1C. The first kappa shape index (κ1) is 17.5. The molecule has 0 atom stereocenters. The van der Waals surface area contributed by atoms with Crippen LogP contribution in [0.25, 0.3) is 0 Å². The van der Waals surface area contributed by atoms with Gasteiger partial charge < -0.3 is 16.0 Å². The first-order chi connectivity index (χ1) is 11.5. The van der Waals surface area contributed by atoms with Gasteiger partial charge in [0.25, 0.3) is 5.91 Å². The van der Waals surface area contributed by atoms with Crippen LogP contribution in [0, 0.1) is 13.8 Å². The smallest absolute Gasteiger partial charge is 0.253 e. The van der Waals surface area contributed by atoms with Gasteiger partial charge in [-0.05, 0) is 43.2 Å². The topological polar surface area (TPSA) is 70.2 Å². The molecule has 0 fully saturated rings. The molecule has 5 heteroatoms. The van der Waals surface area contributed by atoms with Crippen LogP contribution in [0.2, 0.25) is 0 Å². The molecular weight excluding hydrogens is 302 g/mol. The lowest BCUT2D eigenvalue weighted by Gasteiger charge is -2.15. The van der Waals surface area contributed by atoms with Crippen LogP contribution in [0.15, 0.2) is 42.5 Å². The third-order valence-electron chi connectivity index (χ3n) is 3.83. The molecule has 0 heterocycles. The van der Waals surface area contributed by atoms with E-state index in [-0.39, 0.29) is 11.8 Å². The summed E-state index contributed by atoms with van der Waals surface area (Å²) in [6.45, 7) is 6.35. The minimum absolute atomic E-state index is 0.110. The summed E-state index contributed by atoms with van der Waals surface area (Å²) in [5.74, 6) is -0.282. The molecule has 0 aliphatic carbocycles. The fraction of sp³-hybridized carbons (Fsp3) is 0.263. The Kier molecular flexibility index (Phi) is 5.95. The third kappa shape index (κ3) is 4.59. The Morgan fingerprint density at radius 2 is 1.54 bits per heavy atom. The highest BCUT2D eigenvalue weighted by Crippen LogP contribution is 2.25. The van der Waals surface area contributed by atoms with Crippen LogP contribution < -0.4 is 16.0 Å².